The molecular formula is C18H16F5N5O2. The van der Waals surface area contributed by atoms with Crippen LogP contribution >= 0.6 is 0 Å². The second-order valence-electron chi connectivity index (χ2n) is 7.22. The number of aromatic nitrogens is 4. The fourth-order valence-corrected chi connectivity index (χ4v) is 3.44. The molecule has 4 rings (SSSR count). The Balaban J connectivity index is 1.84. The van der Waals surface area contributed by atoms with E-state index >= 15 is 0 Å². The van der Waals surface area contributed by atoms with Crippen molar-refractivity contribution >= 4 is 17.0 Å². The Hall–Kier alpha value is -3.02. The zero-order chi connectivity index (χ0) is 22.0. The highest BCUT2D eigenvalue weighted by atomic mass is 19.4. The van der Waals surface area contributed by atoms with Crippen LogP contribution in [0.5, 0.6) is 5.75 Å². The van der Waals surface area contributed by atoms with Crippen LogP contribution in [-0.4, -0.2) is 49.2 Å². The third-order valence-corrected chi connectivity index (χ3v) is 5.26. The first-order chi connectivity index (χ1) is 14.0. The predicted octanol–water partition coefficient (Wildman–Crippen LogP) is 2.99. The van der Waals surface area contributed by atoms with Crippen molar-refractivity contribution < 1.29 is 32.2 Å². The largest absolute Gasteiger partial charge is 0.503 e. The van der Waals surface area contributed by atoms with E-state index in [0.717, 1.165) is 0 Å². The third-order valence-electron chi connectivity index (χ3n) is 5.26. The predicted molar refractivity (Wildman–Crippen MR) is 95.8 cm³/mol. The summed E-state index contributed by atoms with van der Waals surface area (Å²) < 4.78 is 68.8. The van der Waals surface area contributed by atoms with Gasteiger partial charge in [0.15, 0.2) is 23.0 Å². The number of halogens is 5. The Labute approximate surface area is 166 Å². The zero-order valence-corrected chi connectivity index (χ0v) is 15.7. The van der Waals surface area contributed by atoms with E-state index in [9.17, 15) is 32.2 Å². The number of phenolic OH excluding ortho intramolecular Hbond substituents is 1. The van der Waals surface area contributed by atoms with Crippen LogP contribution in [0.25, 0.3) is 22.3 Å². The fourth-order valence-electron chi connectivity index (χ4n) is 3.44. The zero-order valence-electron chi connectivity index (χ0n) is 15.7. The van der Waals surface area contributed by atoms with Crippen molar-refractivity contribution in [2.75, 3.05) is 11.9 Å². The molecule has 0 amide bonds. The van der Waals surface area contributed by atoms with Gasteiger partial charge in [-0.05, 0) is 18.9 Å². The monoisotopic (exact) mass is 429 g/mol. The number of alkyl halides is 3. The number of benzene rings is 1. The van der Waals surface area contributed by atoms with Crippen molar-refractivity contribution in [1.29, 1.82) is 0 Å². The van der Waals surface area contributed by atoms with Crippen molar-refractivity contribution in [3.05, 3.63) is 29.5 Å². The first kappa shape index (κ1) is 20.3. The number of anilines is 1. The molecule has 2 N–H and O–H groups in total. The molecule has 1 saturated carbocycles. The summed E-state index contributed by atoms with van der Waals surface area (Å²) in [5, 5.41) is 23.2. The molecule has 0 aliphatic heterocycles. The van der Waals surface area contributed by atoms with Gasteiger partial charge in [0.05, 0.1) is 17.1 Å². The number of phenols is 1. The van der Waals surface area contributed by atoms with Gasteiger partial charge in [0.1, 0.15) is 5.69 Å². The van der Waals surface area contributed by atoms with E-state index in [-0.39, 0.29) is 34.9 Å². The van der Waals surface area contributed by atoms with Gasteiger partial charge in [0.2, 0.25) is 5.95 Å². The lowest BCUT2D eigenvalue weighted by atomic mass is 9.88. The standard InChI is InChI=1S/C18H16F5N5O2/c1-27(7-3-8(29)4-7)17-24-6-10-14(26-28(2)16(10)25-17)9-5-11(18(21,22)23)13(20)15(30)12(9)19/h5-8,29-30H,3-4H2,1-2H3/t7-,8+. The van der Waals surface area contributed by atoms with Crippen LogP contribution in [0, 0.1) is 11.6 Å². The molecule has 1 aliphatic carbocycles. The maximum atomic E-state index is 14.5. The first-order valence-corrected chi connectivity index (χ1v) is 8.88. The molecular weight excluding hydrogens is 413 g/mol. The quantitative estimate of drug-likeness (QED) is 0.623. The lowest BCUT2D eigenvalue weighted by Gasteiger charge is -2.38. The molecule has 2 heterocycles. The minimum Gasteiger partial charge on any atom is -0.503 e. The highest BCUT2D eigenvalue weighted by Crippen LogP contribution is 2.41. The van der Waals surface area contributed by atoms with Gasteiger partial charge >= 0.3 is 6.18 Å². The Morgan fingerprint density at radius 3 is 2.47 bits per heavy atom. The van der Waals surface area contributed by atoms with E-state index in [4.69, 9.17) is 0 Å². The van der Waals surface area contributed by atoms with E-state index < -0.39 is 34.7 Å². The number of fused-ring (bicyclic) bond motifs is 1. The Morgan fingerprint density at radius 1 is 1.20 bits per heavy atom. The molecule has 0 atom stereocenters. The number of aryl methyl sites for hydroxylation is 1. The smallest absolute Gasteiger partial charge is 0.419 e. The van der Waals surface area contributed by atoms with Gasteiger partial charge in [-0.3, -0.25) is 0 Å². The summed E-state index contributed by atoms with van der Waals surface area (Å²) in [7, 11) is 3.20. The molecule has 2 aromatic heterocycles. The Morgan fingerprint density at radius 2 is 1.87 bits per heavy atom. The highest BCUT2D eigenvalue weighted by molar-refractivity contribution is 5.91. The van der Waals surface area contributed by atoms with Crippen LogP contribution in [0.15, 0.2) is 12.3 Å². The van der Waals surface area contributed by atoms with E-state index in [1.165, 1.54) is 17.9 Å². The van der Waals surface area contributed by atoms with Crippen LogP contribution in [0.4, 0.5) is 27.9 Å². The van der Waals surface area contributed by atoms with E-state index in [2.05, 4.69) is 15.1 Å². The molecule has 1 aromatic carbocycles. The van der Waals surface area contributed by atoms with E-state index in [0.29, 0.717) is 18.8 Å². The molecule has 0 radical (unpaired) electrons. The number of aliphatic hydroxyl groups is 1. The lowest BCUT2D eigenvalue weighted by Crippen LogP contribution is -2.46. The van der Waals surface area contributed by atoms with Crippen molar-refractivity contribution in [1.82, 2.24) is 19.7 Å². The second kappa shape index (κ2) is 6.76. The maximum absolute atomic E-state index is 14.5. The number of aromatic hydroxyl groups is 1. The van der Waals surface area contributed by atoms with Gasteiger partial charge < -0.3 is 15.1 Å². The molecule has 1 aliphatic rings. The van der Waals surface area contributed by atoms with Gasteiger partial charge in [-0.1, -0.05) is 0 Å². The highest BCUT2D eigenvalue weighted by Gasteiger charge is 2.38. The Bertz CT molecular complexity index is 1140. The summed E-state index contributed by atoms with van der Waals surface area (Å²) in [5.41, 5.74) is -2.59. The van der Waals surface area contributed by atoms with Crippen molar-refractivity contribution in [3.8, 4) is 17.0 Å². The van der Waals surface area contributed by atoms with Crippen LogP contribution in [-0.2, 0) is 13.2 Å². The number of hydrogen-bond acceptors (Lipinski definition) is 6. The number of hydrogen-bond donors (Lipinski definition) is 2. The summed E-state index contributed by atoms with van der Waals surface area (Å²) in [6.07, 6.45) is -3.15. The van der Waals surface area contributed by atoms with Crippen LogP contribution in [0.2, 0.25) is 0 Å². The van der Waals surface area contributed by atoms with Crippen molar-refractivity contribution in [3.63, 3.8) is 0 Å². The summed E-state index contributed by atoms with van der Waals surface area (Å²) in [6, 6.07) is 0.299. The number of aliphatic hydroxyl groups excluding tert-OH is 1. The lowest BCUT2D eigenvalue weighted by molar-refractivity contribution is -0.140. The van der Waals surface area contributed by atoms with Gasteiger partial charge in [0, 0.05) is 31.9 Å². The molecule has 30 heavy (non-hydrogen) atoms. The fraction of sp³-hybridized carbons (Fsp3) is 0.389. The molecule has 0 bridgehead atoms. The molecule has 0 saturated heterocycles. The number of rotatable bonds is 3. The van der Waals surface area contributed by atoms with E-state index in [1.54, 1.807) is 11.9 Å². The van der Waals surface area contributed by atoms with Crippen LogP contribution in [0.1, 0.15) is 18.4 Å². The van der Waals surface area contributed by atoms with Gasteiger partial charge in [-0.25, -0.2) is 18.4 Å². The minimum absolute atomic E-state index is 0.0333. The van der Waals surface area contributed by atoms with Gasteiger partial charge in [-0.15, -0.1) is 0 Å². The maximum Gasteiger partial charge on any atom is 0.419 e. The average Bonchev–Trinajstić information content (AvgIpc) is 2.98. The average molecular weight is 429 g/mol. The molecule has 0 unspecified atom stereocenters. The van der Waals surface area contributed by atoms with Crippen molar-refractivity contribution in [2.45, 2.75) is 31.2 Å². The molecule has 7 nitrogen and oxygen atoms in total. The molecule has 3 aromatic rings. The second-order valence-corrected chi connectivity index (χ2v) is 7.22. The molecule has 160 valence electrons. The Kier molecular flexibility index (Phi) is 4.56. The van der Waals surface area contributed by atoms with Crippen LogP contribution < -0.4 is 4.90 Å². The molecule has 1 fully saturated rings. The molecule has 12 heteroatoms. The van der Waals surface area contributed by atoms with Crippen LogP contribution in [0.3, 0.4) is 0 Å². The SMILES string of the molecule is Cn1nc(-c2cc(C(F)(F)F)c(F)c(O)c2F)c2cnc(N(C)[C@H]3C[C@@H](O)C3)nc21. The molecule has 0 spiro atoms. The third kappa shape index (κ3) is 3.11. The summed E-state index contributed by atoms with van der Waals surface area (Å²) in [5.74, 6) is -5.09. The first-order valence-electron chi connectivity index (χ1n) is 8.88. The van der Waals surface area contributed by atoms with Gasteiger partial charge in [-0.2, -0.15) is 23.3 Å². The number of nitrogens with zero attached hydrogens (tertiary/aromatic N) is 5. The topological polar surface area (TPSA) is 87.3 Å². The van der Waals surface area contributed by atoms with E-state index in [1.807, 2.05) is 0 Å². The minimum atomic E-state index is -5.14. The summed E-state index contributed by atoms with van der Waals surface area (Å²) in [4.78, 5) is 10.3. The summed E-state index contributed by atoms with van der Waals surface area (Å²) >= 11 is 0. The van der Waals surface area contributed by atoms with Crippen molar-refractivity contribution in [2.24, 2.45) is 7.05 Å². The summed E-state index contributed by atoms with van der Waals surface area (Å²) in [6.45, 7) is 0. The van der Waals surface area contributed by atoms with Gasteiger partial charge in [0.25, 0.3) is 0 Å². The normalized spacial score (nSPS) is 19.2.